The highest BCUT2D eigenvalue weighted by molar-refractivity contribution is 5.74. The number of methoxy groups -OCH3 is 1. The number of hydrogen-bond acceptors (Lipinski definition) is 4. The zero-order valence-electron chi connectivity index (χ0n) is 12.4. The summed E-state index contributed by atoms with van der Waals surface area (Å²) in [4.78, 5) is 15.9. The molecule has 1 atom stereocenters. The zero-order chi connectivity index (χ0) is 14.8. The van der Waals surface area contributed by atoms with Crippen LogP contribution in [0.25, 0.3) is 0 Å². The van der Waals surface area contributed by atoms with E-state index in [1.807, 2.05) is 18.2 Å². The van der Waals surface area contributed by atoms with Crippen molar-refractivity contribution in [2.75, 3.05) is 38.2 Å². The van der Waals surface area contributed by atoms with Gasteiger partial charge in [0.25, 0.3) is 0 Å². The van der Waals surface area contributed by atoms with E-state index in [2.05, 4.69) is 15.9 Å². The van der Waals surface area contributed by atoms with Crippen molar-refractivity contribution in [1.29, 1.82) is 0 Å². The van der Waals surface area contributed by atoms with E-state index in [0.717, 1.165) is 50.5 Å². The van der Waals surface area contributed by atoms with E-state index in [-0.39, 0.29) is 6.04 Å². The Morgan fingerprint density at radius 1 is 1.29 bits per heavy atom. The molecule has 5 nitrogen and oxygen atoms in total. The summed E-state index contributed by atoms with van der Waals surface area (Å²) in [6, 6.07) is 7.76. The molecule has 5 heteroatoms. The van der Waals surface area contributed by atoms with Crippen molar-refractivity contribution in [3.05, 3.63) is 24.3 Å². The SMILES string of the molecule is COc1cccc(N2CCN(C(C(=O)O)C3CC3)CC2)c1. The first-order valence-electron chi connectivity index (χ1n) is 7.55. The summed E-state index contributed by atoms with van der Waals surface area (Å²) < 4.78 is 5.26. The first-order chi connectivity index (χ1) is 10.2. The summed E-state index contributed by atoms with van der Waals surface area (Å²) in [5.74, 6) is 0.564. The Balaban J connectivity index is 1.63. The van der Waals surface area contributed by atoms with E-state index in [9.17, 15) is 9.90 Å². The Labute approximate surface area is 125 Å². The van der Waals surface area contributed by atoms with Crippen LogP contribution in [-0.2, 0) is 4.79 Å². The van der Waals surface area contributed by atoms with Crippen molar-refractivity contribution < 1.29 is 14.6 Å². The lowest BCUT2D eigenvalue weighted by atomic mass is 10.1. The Kier molecular flexibility index (Phi) is 4.01. The van der Waals surface area contributed by atoms with E-state index in [4.69, 9.17) is 4.74 Å². The number of carboxylic acid groups (broad SMARTS) is 1. The average molecular weight is 290 g/mol. The molecular formula is C16H22N2O3. The van der Waals surface area contributed by atoms with Crippen LogP contribution in [0.3, 0.4) is 0 Å². The molecule has 0 spiro atoms. The van der Waals surface area contributed by atoms with Gasteiger partial charge < -0.3 is 14.7 Å². The van der Waals surface area contributed by atoms with Crippen molar-refractivity contribution in [2.45, 2.75) is 18.9 Å². The molecule has 1 aliphatic heterocycles. The molecule has 1 aromatic rings. The molecule has 1 aliphatic carbocycles. The van der Waals surface area contributed by atoms with Gasteiger partial charge in [-0.2, -0.15) is 0 Å². The molecule has 1 heterocycles. The van der Waals surface area contributed by atoms with Crippen LogP contribution in [0.15, 0.2) is 24.3 Å². The number of rotatable bonds is 5. The van der Waals surface area contributed by atoms with E-state index < -0.39 is 5.97 Å². The van der Waals surface area contributed by atoms with E-state index >= 15 is 0 Å². The number of anilines is 1. The van der Waals surface area contributed by atoms with Crippen LogP contribution in [0, 0.1) is 5.92 Å². The van der Waals surface area contributed by atoms with Gasteiger partial charge in [-0.15, -0.1) is 0 Å². The van der Waals surface area contributed by atoms with Gasteiger partial charge in [-0.25, -0.2) is 0 Å². The van der Waals surface area contributed by atoms with E-state index in [1.54, 1.807) is 7.11 Å². The first-order valence-corrected chi connectivity index (χ1v) is 7.55. The maximum absolute atomic E-state index is 11.4. The summed E-state index contributed by atoms with van der Waals surface area (Å²) in [7, 11) is 1.67. The number of aliphatic carboxylic acids is 1. The third-order valence-electron chi connectivity index (χ3n) is 4.45. The summed E-state index contributed by atoms with van der Waals surface area (Å²) >= 11 is 0. The number of carbonyl (C=O) groups is 1. The lowest BCUT2D eigenvalue weighted by Crippen LogP contribution is -2.53. The molecule has 0 amide bonds. The van der Waals surface area contributed by atoms with Gasteiger partial charge in [-0.1, -0.05) is 6.07 Å². The van der Waals surface area contributed by atoms with Crippen molar-refractivity contribution in [2.24, 2.45) is 5.92 Å². The predicted molar refractivity (Wildman–Crippen MR) is 80.9 cm³/mol. The zero-order valence-corrected chi connectivity index (χ0v) is 12.4. The number of carboxylic acids is 1. The smallest absolute Gasteiger partial charge is 0.321 e. The fourth-order valence-corrected chi connectivity index (χ4v) is 3.13. The quantitative estimate of drug-likeness (QED) is 0.894. The molecule has 1 aromatic carbocycles. The molecule has 0 aromatic heterocycles. The van der Waals surface area contributed by atoms with Crippen molar-refractivity contribution in [3.8, 4) is 5.75 Å². The molecule has 1 saturated heterocycles. The number of nitrogens with zero attached hydrogens (tertiary/aromatic N) is 2. The van der Waals surface area contributed by atoms with Gasteiger partial charge in [0.2, 0.25) is 0 Å². The molecule has 0 bridgehead atoms. The molecule has 21 heavy (non-hydrogen) atoms. The summed E-state index contributed by atoms with van der Waals surface area (Å²) in [6.07, 6.45) is 2.13. The number of piperazine rings is 1. The summed E-state index contributed by atoms with van der Waals surface area (Å²) in [6.45, 7) is 3.35. The molecule has 1 saturated carbocycles. The van der Waals surface area contributed by atoms with Gasteiger partial charge in [0, 0.05) is 37.9 Å². The minimum atomic E-state index is -0.660. The predicted octanol–water partition coefficient (Wildman–Crippen LogP) is 1.68. The van der Waals surface area contributed by atoms with Crippen LogP contribution in [0.2, 0.25) is 0 Å². The Morgan fingerprint density at radius 3 is 2.57 bits per heavy atom. The molecule has 3 rings (SSSR count). The van der Waals surface area contributed by atoms with Gasteiger partial charge in [-0.3, -0.25) is 9.69 Å². The van der Waals surface area contributed by atoms with Crippen LogP contribution in [0.5, 0.6) is 5.75 Å². The van der Waals surface area contributed by atoms with Gasteiger partial charge >= 0.3 is 5.97 Å². The minimum Gasteiger partial charge on any atom is -0.497 e. The molecule has 2 aliphatic rings. The second-order valence-corrected chi connectivity index (χ2v) is 5.85. The monoisotopic (exact) mass is 290 g/mol. The van der Waals surface area contributed by atoms with Crippen LogP contribution in [-0.4, -0.2) is 55.3 Å². The number of hydrogen-bond donors (Lipinski definition) is 1. The molecule has 2 fully saturated rings. The fourth-order valence-electron chi connectivity index (χ4n) is 3.13. The molecular weight excluding hydrogens is 268 g/mol. The highest BCUT2D eigenvalue weighted by Gasteiger charge is 2.41. The normalized spacial score (nSPS) is 21.1. The maximum Gasteiger partial charge on any atom is 0.321 e. The number of benzene rings is 1. The highest BCUT2D eigenvalue weighted by atomic mass is 16.5. The van der Waals surface area contributed by atoms with Crippen molar-refractivity contribution in [1.82, 2.24) is 4.90 Å². The summed E-state index contributed by atoms with van der Waals surface area (Å²) in [5.41, 5.74) is 1.15. The Morgan fingerprint density at radius 2 is 2.00 bits per heavy atom. The lowest BCUT2D eigenvalue weighted by molar-refractivity contribution is -0.144. The van der Waals surface area contributed by atoms with Crippen LogP contribution < -0.4 is 9.64 Å². The molecule has 0 radical (unpaired) electrons. The fraction of sp³-hybridized carbons (Fsp3) is 0.562. The Hall–Kier alpha value is -1.75. The van der Waals surface area contributed by atoms with Gasteiger partial charge in [0.1, 0.15) is 11.8 Å². The minimum absolute atomic E-state index is 0.280. The van der Waals surface area contributed by atoms with Crippen LogP contribution in [0.1, 0.15) is 12.8 Å². The average Bonchev–Trinajstić information content (AvgIpc) is 3.32. The van der Waals surface area contributed by atoms with Gasteiger partial charge in [-0.05, 0) is 30.9 Å². The van der Waals surface area contributed by atoms with Crippen molar-refractivity contribution >= 4 is 11.7 Å². The first kappa shape index (κ1) is 14.2. The highest BCUT2D eigenvalue weighted by Crippen LogP contribution is 2.36. The summed E-state index contributed by atoms with van der Waals surface area (Å²) in [5, 5.41) is 9.42. The van der Waals surface area contributed by atoms with Gasteiger partial charge in [0.05, 0.1) is 7.11 Å². The second kappa shape index (κ2) is 5.93. The van der Waals surface area contributed by atoms with E-state index in [1.165, 1.54) is 0 Å². The van der Waals surface area contributed by atoms with Crippen LogP contribution >= 0.6 is 0 Å². The molecule has 1 unspecified atom stereocenters. The third kappa shape index (κ3) is 3.13. The third-order valence-corrected chi connectivity index (χ3v) is 4.45. The number of ether oxygens (including phenoxy) is 1. The standard InChI is InChI=1S/C16H22N2O3/c1-21-14-4-2-3-13(11-14)17-7-9-18(10-8-17)15(16(19)20)12-5-6-12/h2-4,11-12,15H,5-10H2,1H3,(H,19,20). The molecule has 1 N–H and O–H groups in total. The molecule has 114 valence electrons. The lowest BCUT2D eigenvalue weighted by Gasteiger charge is -2.39. The van der Waals surface area contributed by atoms with Crippen LogP contribution in [0.4, 0.5) is 5.69 Å². The largest absolute Gasteiger partial charge is 0.497 e. The second-order valence-electron chi connectivity index (χ2n) is 5.85. The topological polar surface area (TPSA) is 53.0 Å². The van der Waals surface area contributed by atoms with E-state index in [0.29, 0.717) is 5.92 Å². The Bertz CT molecular complexity index is 508. The maximum atomic E-state index is 11.4. The van der Waals surface area contributed by atoms with Crippen molar-refractivity contribution in [3.63, 3.8) is 0 Å². The van der Waals surface area contributed by atoms with Gasteiger partial charge in [0.15, 0.2) is 0 Å².